The zero-order chi connectivity index (χ0) is 13.8. The number of benzene rings is 1. The highest BCUT2D eigenvalue weighted by Crippen LogP contribution is 2.29. The van der Waals surface area contributed by atoms with Gasteiger partial charge < -0.3 is 11.1 Å². The molecule has 104 valence electrons. The van der Waals surface area contributed by atoms with E-state index in [4.69, 9.17) is 5.73 Å². The molecule has 1 aromatic rings. The topological polar surface area (TPSA) is 55.1 Å². The molecule has 0 aromatic heterocycles. The molecule has 1 fully saturated rings. The molecule has 0 bridgehead atoms. The molecule has 2 rings (SSSR count). The molecule has 3 heteroatoms. The van der Waals surface area contributed by atoms with Crippen molar-refractivity contribution in [2.24, 2.45) is 17.6 Å². The van der Waals surface area contributed by atoms with Crippen molar-refractivity contribution in [3.63, 3.8) is 0 Å². The van der Waals surface area contributed by atoms with Crippen molar-refractivity contribution >= 4 is 5.91 Å². The maximum absolute atomic E-state index is 12.2. The van der Waals surface area contributed by atoms with Crippen molar-refractivity contribution in [1.82, 2.24) is 5.32 Å². The molecule has 0 heterocycles. The summed E-state index contributed by atoms with van der Waals surface area (Å²) in [7, 11) is 0. The molecule has 0 radical (unpaired) electrons. The number of carbonyl (C=O) groups excluding carboxylic acids is 1. The van der Waals surface area contributed by atoms with Gasteiger partial charge >= 0.3 is 0 Å². The first-order chi connectivity index (χ1) is 9.09. The van der Waals surface area contributed by atoms with E-state index in [0.29, 0.717) is 5.92 Å². The Bertz CT molecular complexity index is 414. The van der Waals surface area contributed by atoms with E-state index in [2.05, 4.69) is 12.2 Å². The lowest BCUT2D eigenvalue weighted by Gasteiger charge is -2.33. The molecule has 1 saturated carbocycles. The van der Waals surface area contributed by atoms with Gasteiger partial charge in [-0.3, -0.25) is 4.79 Å². The molecule has 0 saturated heterocycles. The highest BCUT2D eigenvalue weighted by atomic mass is 16.1. The Hall–Kier alpha value is -1.35. The fourth-order valence-electron chi connectivity index (χ4n) is 2.54. The largest absolute Gasteiger partial charge is 0.353 e. The van der Waals surface area contributed by atoms with Gasteiger partial charge in [-0.1, -0.05) is 43.7 Å². The lowest BCUT2D eigenvalue weighted by atomic mass is 9.80. The zero-order valence-corrected chi connectivity index (χ0v) is 11.8. The predicted molar refractivity (Wildman–Crippen MR) is 77.5 cm³/mol. The first-order valence-electron chi connectivity index (χ1n) is 7.20. The van der Waals surface area contributed by atoms with Gasteiger partial charge in [-0.25, -0.2) is 0 Å². The minimum Gasteiger partial charge on any atom is -0.353 e. The molecule has 3 unspecified atom stereocenters. The second-order valence-corrected chi connectivity index (χ2v) is 5.71. The third-order valence-electron chi connectivity index (χ3n) is 4.36. The van der Waals surface area contributed by atoms with Crippen molar-refractivity contribution in [2.75, 3.05) is 0 Å². The van der Waals surface area contributed by atoms with Gasteiger partial charge in [0.2, 0.25) is 5.91 Å². The molecule has 19 heavy (non-hydrogen) atoms. The van der Waals surface area contributed by atoms with E-state index < -0.39 is 0 Å². The first kappa shape index (κ1) is 14.1. The molecular formula is C16H24N2O. The average Bonchev–Trinajstić information content (AvgIpc) is 2.35. The highest BCUT2D eigenvalue weighted by molar-refractivity contribution is 5.79. The van der Waals surface area contributed by atoms with Crippen LogP contribution in [-0.2, 0) is 4.79 Å². The number of hydrogen-bond acceptors (Lipinski definition) is 2. The number of nitrogens with two attached hydrogens (primary N) is 1. The summed E-state index contributed by atoms with van der Waals surface area (Å²) in [6, 6.07) is 9.85. The van der Waals surface area contributed by atoms with Crippen LogP contribution in [-0.4, -0.2) is 11.9 Å². The van der Waals surface area contributed by atoms with Crippen LogP contribution in [0.4, 0.5) is 0 Å². The molecule has 0 aliphatic heterocycles. The Balaban J connectivity index is 1.91. The second kappa shape index (κ2) is 6.20. The van der Waals surface area contributed by atoms with Gasteiger partial charge in [0.1, 0.15) is 0 Å². The first-order valence-corrected chi connectivity index (χ1v) is 7.20. The Kier molecular flexibility index (Phi) is 4.59. The Morgan fingerprint density at radius 3 is 2.42 bits per heavy atom. The summed E-state index contributed by atoms with van der Waals surface area (Å²) in [5, 5.41) is 3.11. The Morgan fingerprint density at radius 2 is 1.89 bits per heavy atom. The Morgan fingerprint density at radius 1 is 1.26 bits per heavy atom. The molecular weight excluding hydrogens is 236 g/mol. The van der Waals surface area contributed by atoms with E-state index in [-0.39, 0.29) is 23.9 Å². The summed E-state index contributed by atoms with van der Waals surface area (Å²) >= 11 is 0. The second-order valence-electron chi connectivity index (χ2n) is 5.71. The summed E-state index contributed by atoms with van der Waals surface area (Å²) in [4.78, 5) is 12.2. The van der Waals surface area contributed by atoms with Gasteiger partial charge in [0.25, 0.3) is 0 Å². The van der Waals surface area contributed by atoms with Crippen molar-refractivity contribution < 1.29 is 4.79 Å². The molecule has 1 amide bonds. The third kappa shape index (κ3) is 3.35. The van der Waals surface area contributed by atoms with Crippen molar-refractivity contribution in [1.29, 1.82) is 0 Å². The van der Waals surface area contributed by atoms with E-state index >= 15 is 0 Å². The minimum absolute atomic E-state index is 0.0655. The van der Waals surface area contributed by atoms with E-state index in [1.807, 2.05) is 37.3 Å². The van der Waals surface area contributed by atoms with Crippen molar-refractivity contribution in [2.45, 2.75) is 45.2 Å². The fraction of sp³-hybridized carbons (Fsp3) is 0.562. The van der Waals surface area contributed by atoms with E-state index in [1.165, 1.54) is 19.3 Å². The van der Waals surface area contributed by atoms with Gasteiger partial charge in [-0.05, 0) is 31.2 Å². The molecule has 0 spiro atoms. The van der Waals surface area contributed by atoms with Crippen molar-refractivity contribution in [3.8, 4) is 0 Å². The molecule has 3 N–H and O–H groups in total. The van der Waals surface area contributed by atoms with Crippen LogP contribution < -0.4 is 11.1 Å². The normalized spacial score (nSPS) is 20.2. The molecule has 3 nitrogen and oxygen atoms in total. The molecule has 3 atom stereocenters. The lowest BCUT2D eigenvalue weighted by Crippen LogP contribution is -2.44. The summed E-state index contributed by atoms with van der Waals surface area (Å²) in [6.07, 6.45) is 3.77. The van der Waals surface area contributed by atoms with Crippen LogP contribution in [0.1, 0.15) is 44.7 Å². The minimum atomic E-state index is -0.241. The lowest BCUT2D eigenvalue weighted by molar-refractivity contribution is -0.126. The standard InChI is InChI=1S/C16H24N2O/c1-11(15(17)14-7-4-3-5-8-14)16(19)18-12(2)13-9-6-10-13/h3-5,7-8,11-13,15H,6,9-10,17H2,1-2H3,(H,18,19). The quantitative estimate of drug-likeness (QED) is 0.855. The maximum Gasteiger partial charge on any atom is 0.224 e. The number of carbonyl (C=O) groups is 1. The van der Waals surface area contributed by atoms with Crippen LogP contribution in [0.2, 0.25) is 0 Å². The zero-order valence-electron chi connectivity index (χ0n) is 11.8. The van der Waals surface area contributed by atoms with Gasteiger partial charge in [0, 0.05) is 12.1 Å². The summed E-state index contributed by atoms with van der Waals surface area (Å²) in [6.45, 7) is 4.00. The number of nitrogens with one attached hydrogen (secondary N) is 1. The van der Waals surface area contributed by atoms with E-state index in [9.17, 15) is 4.79 Å². The SMILES string of the molecule is CC(NC(=O)C(C)C(N)c1ccccc1)C1CCC1. The monoisotopic (exact) mass is 260 g/mol. The van der Waals surface area contributed by atoms with Crippen LogP contribution in [0.5, 0.6) is 0 Å². The van der Waals surface area contributed by atoms with Gasteiger partial charge in [0.05, 0.1) is 5.92 Å². The van der Waals surface area contributed by atoms with Crippen LogP contribution in [0.3, 0.4) is 0 Å². The van der Waals surface area contributed by atoms with Crippen LogP contribution in [0.15, 0.2) is 30.3 Å². The summed E-state index contributed by atoms with van der Waals surface area (Å²) < 4.78 is 0. The van der Waals surface area contributed by atoms with Gasteiger partial charge in [-0.15, -0.1) is 0 Å². The highest BCUT2D eigenvalue weighted by Gasteiger charge is 2.28. The predicted octanol–water partition coefficient (Wildman–Crippen LogP) is 2.63. The van der Waals surface area contributed by atoms with Gasteiger partial charge in [-0.2, -0.15) is 0 Å². The molecule has 1 aromatic carbocycles. The molecule has 1 aliphatic carbocycles. The van der Waals surface area contributed by atoms with Crippen LogP contribution in [0, 0.1) is 11.8 Å². The van der Waals surface area contributed by atoms with Crippen molar-refractivity contribution in [3.05, 3.63) is 35.9 Å². The van der Waals surface area contributed by atoms with Crippen LogP contribution >= 0.6 is 0 Å². The van der Waals surface area contributed by atoms with Crippen LogP contribution in [0.25, 0.3) is 0 Å². The summed E-state index contributed by atoms with van der Waals surface area (Å²) in [5.41, 5.74) is 7.19. The third-order valence-corrected chi connectivity index (χ3v) is 4.36. The number of hydrogen-bond donors (Lipinski definition) is 2. The van der Waals surface area contributed by atoms with E-state index in [1.54, 1.807) is 0 Å². The van der Waals surface area contributed by atoms with E-state index in [0.717, 1.165) is 5.56 Å². The Labute approximate surface area is 115 Å². The fourth-order valence-corrected chi connectivity index (χ4v) is 2.54. The average molecular weight is 260 g/mol. The maximum atomic E-state index is 12.2. The smallest absolute Gasteiger partial charge is 0.224 e. The number of amides is 1. The van der Waals surface area contributed by atoms with Gasteiger partial charge in [0.15, 0.2) is 0 Å². The number of rotatable bonds is 5. The molecule has 1 aliphatic rings. The summed E-state index contributed by atoms with van der Waals surface area (Å²) in [5.74, 6) is 0.518.